The molecule has 2 rings (SSSR count). The highest BCUT2D eigenvalue weighted by Gasteiger charge is 2.21. The van der Waals surface area contributed by atoms with Crippen molar-refractivity contribution in [1.82, 2.24) is 5.32 Å². The Morgan fingerprint density at radius 2 is 1.69 bits per heavy atom. The van der Waals surface area contributed by atoms with Crippen molar-refractivity contribution in [3.63, 3.8) is 0 Å². The molecule has 0 saturated heterocycles. The van der Waals surface area contributed by atoms with Crippen LogP contribution in [0.5, 0.6) is 0 Å². The quantitative estimate of drug-likeness (QED) is 0.156. The molecule has 1 aliphatic rings. The van der Waals surface area contributed by atoms with Crippen molar-refractivity contribution in [2.45, 2.75) is 95.4 Å². The molecule has 2 amide bonds. The zero-order valence-electron chi connectivity index (χ0n) is 24.3. The lowest BCUT2D eigenvalue weighted by atomic mass is 9.83. The van der Waals surface area contributed by atoms with E-state index in [1.165, 1.54) is 51.6 Å². The van der Waals surface area contributed by atoms with Gasteiger partial charge in [0.1, 0.15) is 6.79 Å². The van der Waals surface area contributed by atoms with Crippen molar-refractivity contribution in [2.24, 2.45) is 17.4 Å². The monoisotopic (exact) mass is 559 g/mol. The van der Waals surface area contributed by atoms with Gasteiger partial charge in [-0.05, 0) is 54.3 Å². The van der Waals surface area contributed by atoms with Gasteiger partial charge in [0.15, 0.2) is 0 Å². The van der Waals surface area contributed by atoms with Gasteiger partial charge in [-0.1, -0.05) is 76.9 Å². The fourth-order valence-corrected chi connectivity index (χ4v) is 5.02. The molecule has 1 aromatic rings. The van der Waals surface area contributed by atoms with E-state index in [0.29, 0.717) is 36.7 Å². The maximum Gasteiger partial charge on any atom is 0.220 e. The minimum absolute atomic E-state index is 0.0113. The zero-order valence-corrected chi connectivity index (χ0v) is 25.1. The van der Waals surface area contributed by atoms with Crippen LogP contribution >= 0.6 is 11.8 Å². The molecular formula is C30H49N5O3S. The molecular weight excluding hydrogens is 510 g/mol. The Balaban J connectivity index is 0. The highest BCUT2D eigenvalue weighted by Crippen LogP contribution is 2.35. The average molecular weight is 560 g/mol. The van der Waals surface area contributed by atoms with Gasteiger partial charge in [-0.3, -0.25) is 9.59 Å². The fourth-order valence-electron chi connectivity index (χ4n) is 4.12. The van der Waals surface area contributed by atoms with Gasteiger partial charge in [-0.2, -0.15) is 5.26 Å². The van der Waals surface area contributed by atoms with Crippen molar-refractivity contribution in [3.05, 3.63) is 47.4 Å². The SMILES string of the molecule is C=C(C#N)CC(CC1CCCCC1)NC(=O)CCC(=C)Sc1cc(C(C)C)ccc1N.C=O.CC(N)=O.CN. The first-order chi connectivity index (χ1) is 18.5. The molecule has 8 nitrogen and oxygen atoms in total. The number of amides is 2. The molecule has 39 heavy (non-hydrogen) atoms. The van der Waals surface area contributed by atoms with Crippen LogP contribution in [0, 0.1) is 17.2 Å². The lowest BCUT2D eigenvalue weighted by Crippen LogP contribution is -2.36. The number of hydrogen-bond donors (Lipinski definition) is 4. The third kappa shape index (κ3) is 18.7. The third-order valence-electron chi connectivity index (χ3n) is 5.95. The second kappa shape index (κ2) is 22.9. The first-order valence-electron chi connectivity index (χ1n) is 13.3. The smallest absolute Gasteiger partial charge is 0.220 e. The van der Waals surface area contributed by atoms with Crippen LogP contribution in [-0.4, -0.2) is 31.7 Å². The molecule has 1 saturated carbocycles. The average Bonchev–Trinajstić information content (AvgIpc) is 2.91. The van der Waals surface area contributed by atoms with Crippen LogP contribution in [0.4, 0.5) is 5.69 Å². The summed E-state index contributed by atoms with van der Waals surface area (Å²) in [5.41, 5.74) is 17.6. The zero-order chi connectivity index (χ0) is 30.4. The summed E-state index contributed by atoms with van der Waals surface area (Å²) in [6, 6.07) is 8.23. The third-order valence-corrected chi connectivity index (χ3v) is 7.01. The number of nitrogens with zero attached hydrogens (tertiary/aromatic N) is 1. The Labute approximate surface area is 239 Å². The van der Waals surface area contributed by atoms with Gasteiger partial charge in [-0.15, -0.1) is 0 Å². The van der Waals surface area contributed by atoms with E-state index in [-0.39, 0.29) is 17.9 Å². The number of hydrogen-bond acceptors (Lipinski definition) is 7. The number of primary amides is 1. The minimum Gasteiger partial charge on any atom is -0.398 e. The number of allylic oxidation sites excluding steroid dienone is 1. The first kappa shape index (κ1) is 38.1. The minimum atomic E-state index is -0.333. The molecule has 0 aromatic heterocycles. The molecule has 1 aliphatic carbocycles. The molecule has 9 heteroatoms. The summed E-state index contributed by atoms with van der Waals surface area (Å²) in [6.45, 7) is 15.6. The van der Waals surface area contributed by atoms with Gasteiger partial charge < -0.3 is 27.3 Å². The summed E-state index contributed by atoms with van der Waals surface area (Å²) in [6.07, 6.45) is 8.72. The lowest BCUT2D eigenvalue weighted by molar-refractivity contribution is -0.122. The van der Waals surface area contributed by atoms with E-state index >= 15 is 0 Å². The van der Waals surface area contributed by atoms with E-state index in [2.05, 4.69) is 62.0 Å². The standard InChI is InChI=1S/C26H37N3OS.C2H5NO.CH5N.CH2O/c1-18(2)22-11-12-24(28)25(16-22)31-20(4)10-13-26(30)29-23(14-19(3)17-27)15-21-8-6-5-7-9-21;1-2(3)4;2*1-2/h11-12,16,18,21,23H,3-10,13-15,28H2,1-2H3,(H,29,30);1H3,(H2,3,4);2H2,1H3;1H2. The van der Waals surface area contributed by atoms with Crippen LogP contribution in [0.2, 0.25) is 0 Å². The van der Waals surface area contributed by atoms with Gasteiger partial charge in [0.25, 0.3) is 0 Å². The molecule has 0 aliphatic heterocycles. The number of carbonyl (C=O) groups is 3. The molecule has 0 spiro atoms. The Morgan fingerprint density at radius 1 is 1.13 bits per heavy atom. The Hall–Kier alpha value is -3.09. The number of carbonyl (C=O) groups excluding carboxylic acids is 3. The molecule has 1 fully saturated rings. The number of nitrogens with two attached hydrogens (primary N) is 3. The second-order valence-electron chi connectivity index (χ2n) is 9.63. The van der Waals surface area contributed by atoms with E-state index in [1.807, 2.05) is 12.9 Å². The summed E-state index contributed by atoms with van der Waals surface area (Å²) in [5.74, 6) is 0.743. The highest BCUT2D eigenvalue weighted by molar-refractivity contribution is 8.03. The van der Waals surface area contributed by atoms with E-state index in [9.17, 15) is 9.59 Å². The van der Waals surface area contributed by atoms with Gasteiger partial charge in [-0.25, -0.2) is 0 Å². The number of benzene rings is 1. The molecule has 0 heterocycles. The fraction of sp³-hybridized carbons (Fsp3) is 0.533. The van der Waals surface area contributed by atoms with E-state index in [4.69, 9.17) is 15.8 Å². The van der Waals surface area contributed by atoms with Crippen LogP contribution in [0.1, 0.15) is 90.0 Å². The first-order valence-corrected chi connectivity index (χ1v) is 14.1. The number of anilines is 1. The normalized spacial score (nSPS) is 13.1. The van der Waals surface area contributed by atoms with Gasteiger partial charge in [0.2, 0.25) is 11.8 Å². The molecule has 0 bridgehead atoms. The molecule has 1 unspecified atom stereocenters. The van der Waals surface area contributed by atoms with Crippen molar-refractivity contribution >= 4 is 36.1 Å². The molecule has 1 aromatic carbocycles. The summed E-state index contributed by atoms with van der Waals surface area (Å²) in [4.78, 5) is 31.8. The van der Waals surface area contributed by atoms with E-state index in [1.54, 1.807) is 11.8 Å². The largest absolute Gasteiger partial charge is 0.398 e. The van der Waals surface area contributed by atoms with E-state index < -0.39 is 0 Å². The molecule has 0 radical (unpaired) electrons. The summed E-state index contributed by atoms with van der Waals surface area (Å²) >= 11 is 1.55. The van der Waals surface area contributed by atoms with Crippen LogP contribution in [0.3, 0.4) is 0 Å². The van der Waals surface area contributed by atoms with Crippen LogP contribution in [-0.2, 0) is 14.4 Å². The molecule has 1 atom stereocenters. The van der Waals surface area contributed by atoms with Crippen LogP contribution in [0.15, 0.2) is 46.7 Å². The summed E-state index contributed by atoms with van der Waals surface area (Å²) in [5, 5.41) is 12.3. The van der Waals surface area contributed by atoms with Gasteiger partial charge in [0.05, 0.1) is 6.07 Å². The Bertz CT molecular complexity index is 933. The maximum absolute atomic E-state index is 12.6. The number of nitrogens with one attached hydrogen (secondary N) is 1. The van der Waals surface area contributed by atoms with Crippen LogP contribution in [0.25, 0.3) is 0 Å². The number of nitrogen functional groups attached to an aromatic ring is 1. The van der Waals surface area contributed by atoms with Crippen molar-refractivity contribution in [3.8, 4) is 6.07 Å². The number of thioether (sulfide) groups is 1. The van der Waals surface area contributed by atoms with Crippen molar-refractivity contribution in [1.29, 1.82) is 5.26 Å². The van der Waals surface area contributed by atoms with E-state index in [0.717, 1.165) is 21.9 Å². The topological polar surface area (TPSA) is 165 Å². The Kier molecular flexibility index (Phi) is 22.3. The van der Waals surface area contributed by atoms with Gasteiger partial charge in [0, 0.05) is 42.0 Å². The van der Waals surface area contributed by atoms with Gasteiger partial charge >= 0.3 is 0 Å². The van der Waals surface area contributed by atoms with Crippen LogP contribution < -0.4 is 22.5 Å². The lowest BCUT2D eigenvalue weighted by Gasteiger charge is -2.27. The predicted octanol–water partition coefficient (Wildman–Crippen LogP) is 5.58. The molecule has 7 N–H and O–H groups in total. The number of nitriles is 1. The molecule has 218 valence electrons. The Morgan fingerprint density at radius 3 is 2.21 bits per heavy atom. The predicted molar refractivity (Wildman–Crippen MR) is 164 cm³/mol. The maximum atomic E-state index is 12.6. The number of rotatable bonds is 11. The second-order valence-corrected chi connectivity index (χ2v) is 10.8. The summed E-state index contributed by atoms with van der Waals surface area (Å²) in [7, 11) is 1.50. The van der Waals surface area contributed by atoms with Crippen molar-refractivity contribution < 1.29 is 14.4 Å². The van der Waals surface area contributed by atoms with Crippen molar-refractivity contribution in [2.75, 3.05) is 12.8 Å². The highest BCUT2D eigenvalue weighted by atomic mass is 32.2. The summed E-state index contributed by atoms with van der Waals surface area (Å²) < 4.78 is 0.